The van der Waals surface area contributed by atoms with Gasteiger partial charge in [0.05, 0.1) is 11.9 Å². The fourth-order valence-electron chi connectivity index (χ4n) is 3.56. The molecule has 0 aliphatic carbocycles. The minimum absolute atomic E-state index is 0.120. The molecule has 1 aliphatic heterocycles. The normalized spacial score (nSPS) is 15.0. The van der Waals surface area contributed by atoms with Gasteiger partial charge in [-0.2, -0.15) is 0 Å². The zero-order valence-electron chi connectivity index (χ0n) is 17.2. The average molecular weight is 434 g/mol. The second-order valence-corrected chi connectivity index (χ2v) is 9.59. The lowest BCUT2D eigenvalue weighted by molar-refractivity contribution is -0.119. The number of rotatable bonds is 8. The van der Waals surface area contributed by atoms with E-state index in [9.17, 15) is 17.6 Å². The molecule has 0 bridgehead atoms. The van der Waals surface area contributed by atoms with Gasteiger partial charge in [0, 0.05) is 13.1 Å². The summed E-state index contributed by atoms with van der Waals surface area (Å²) >= 11 is 0. The van der Waals surface area contributed by atoms with Gasteiger partial charge >= 0.3 is 0 Å². The molecule has 0 aromatic heterocycles. The zero-order valence-corrected chi connectivity index (χ0v) is 18.0. The number of nitrogens with one attached hydrogen (secondary N) is 1. The van der Waals surface area contributed by atoms with Crippen LogP contribution in [0.15, 0.2) is 48.5 Å². The van der Waals surface area contributed by atoms with Crippen LogP contribution in [0.2, 0.25) is 0 Å². The molecule has 2 aromatic rings. The second-order valence-electron chi connectivity index (χ2n) is 7.68. The second kappa shape index (κ2) is 10.0. The fourth-order valence-corrected chi connectivity index (χ4v) is 4.40. The molecule has 1 aliphatic rings. The molecular weight excluding hydrogens is 405 g/mol. The maximum Gasteiger partial charge on any atom is 0.241 e. The van der Waals surface area contributed by atoms with Gasteiger partial charge in [0.2, 0.25) is 15.9 Å². The van der Waals surface area contributed by atoms with Gasteiger partial charge in [-0.25, -0.2) is 12.8 Å². The van der Waals surface area contributed by atoms with E-state index in [1.807, 2.05) is 12.1 Å². The van der Waals surface area contributed by atoms with E-state index in [4.69, 9.17) is 0 Å². The molecule has 0 radical (unpaired) electrons. The first-order chi connectivity index (χ1) is 14.3. The molecule has 0 spiro atoms. The standard InChI is InChI=1S/C22H28FN3O3S/c1-30(28,29)26(21-7-5-6-20(23)14-21)17-22(27)24-15-18-8-10-19(11-9-18)16-25-12-3-2-4-13-25/h5-11,14H,2-4,12-13,15-17H2,1H3,(H,24,27). The van der Waals surface area contributed by atoms with Gasteiger partial charge in [-0.05, 0) is 55.3 Å². The Labute approximate surface area is 177 Å². The maximum absolute atomic E-state index is 13.5. The van der Waals surface area contributed by atoms with E-state index in [0.717, 1.165) is 41.8 Å². The lowest BCUT2D eigenvalue weighted by atomic mass is 10.1. The number of piperidine rings is 1. The van der Waals surface area contributed by atoms with Crippen molar-refractivity contribution in [3.63, 3.8) is 0 Å². The number of carbonyl (C=O) groups is 1. The molecule has 1 heterocycles. The minimum atomic E-state index is -3.73. The van der Waals surface area contributed by atoms with E-state index in [0.29, 0.717) is 6.54 Å². The van der Waals surface area contributed by atoms with Crippen molar-refractivity contribution in [2.45, 2.75) is 32.4 Å². The fraction of sp³-hybridized carbons (Fsp3) is 0.409. The van der Waals surface area contributed by atoms with Crippen LogP contribution in [-0.2, 0) is 27.9 Å². The third-order valence-electron chi connectivity index (χ3n) is 5.15. The highest BCUT2D eigenvalue weighted by molar-refractivity contribution is 7.92. The molecule has 3 rings (SSSR count). The van der Waals surface area contributed by atoms with Crippen LogP contribution in [0.25, 0.3) is 0 Å². The van der Waals surface area contributed by atoms with Crippen molar-refractivity contribution in [3.8, 4) is 0 Å². The molecule has 8 heteroatoms. The maximum atomic E-state index is 13.5. The Morgan fingerprint density at radius 3 is 2.37 bits per heavy atom. The van der Waals surface area contributed by atoms with Crippen molar-refractivity contribution >= 4 is 21.6 Å². The van der Waals surface area contributed by atoms with Crippen LogP contribution < -0.4 is 9.62 Å². The largest absolute Gasteiger partial charge is 0.350 e. The van der Waals surface area contributed by atoms with Crippen molar-refractivity contribution in [1.29, 1.82) is 0 Å². The number of hydrogen-bond donors (Lipinski definition) is 1. The van der Waals surface area contributed by atoms with Crippen LogP contribution in [-0.4, -0.2) is 45.1 Å². The highest BCUT2D eigenvalue weighted by Crippen LogP contribution is 2.18. The van der Waals surface area contributed by atoms with Crippen molar-refractivity contribution in [2.24, 2.45) is 0 Å². The van der Waals surface area contributed by atoms with E-state index in [-0.39, 0.29) is 5.69 Å². The first-order valence-corrected chi connectivity index (χ1v) is 12.0. The summed E-state index contributed by atoms with van der Waals surface area (Å²) in [6.07, 6.45) is 4.81. The quantitative estimate of drug-likeness (QED) is 0.695. The van der Waals surface area contributed by atoms with Gasteiger partial charge in [0.25, 0.3) is 0 Å². The number of halogens is 1. The van der Waals surface area contributed by atoms with Gasteiger partial charge < -0.3 is 5.32 Å². The molecule has 0 saturated carbocycles. The SMILES string of the molecule is CS(=O)(=O)N(CC(=O)NCc1ccc(CN2CCCCC2)cc1)c1cccc(F)c1. The molecule has 1 N–H and O–H groups in total. The van der Waals surface area contributed by atoms with Gasteiger partial charge in [-0.3, -0.25) is 14.0 Å². The number of hydrogen-bond acceptors (Lipinski definition) is 4. The summed E-state index contributed by atoms with van der Waals surface area (Å²) < 4.78 is 38.5. The molecule has 0 atom stereocenters. The van der Waals surface area contributed by atoms with Gasteiger partial charge in [0.15, 0.2) is 0 Å². The number of nitrogens with zero attached hydrogens (tertiary/aromatic N) is 2. The molecule has 1 fully saturated rings. The Kier molecular flexibility index (Phi) is 7.44. The van der Waals surface area contributed by atoms with Crippen LogP contribution >= 0.6 is 0 Å². The number of carbonyl (C=O) groups excluding carboxylic acids is 1. The van der Waals surface area contributed by atoms with Gasteiger partial charge in [-0.15, -0.1) is 0 Å². The van der Waals surface area contributed by atoms with Crippen LogP contribution in [0.5, 0.6) is 0 Å². The lowest BCUT2D eigenvalue weighted by Gasteiger charge is -2.26. The van der Waals surface area contributed by atoms with Crippen molar-refractivity contribution in [2.75, 3.05) is 30.2 Å². The zero-order chi connectivity index (χ0) is 21.6. The van der Waals surface area contributed by atoms with E-state index < -0.39 is 28.3 Å². The summed E-state index contributed by atoms with van der Waals surface area (Å²) in [4.78, 5) is 14.8. The molecule has 2 aromatic carbocycles. The Balaban J connectivity index is 1.55. The van der Waals surface area contributed by atoms with E-state index in [2.05, 4.69) is 22.3 Å². The lowest BCUT2D eigenvalue weighted by Crippen LogP contribution is -2.40. The third kappa shape index (κ3) is 6.53. The summed E-state index contributed by atoms with van der Waals surface area (Å²) in [7, 11) is -3.73. The van der Waals surface area contributed by atoms with E-state index in [1.165, 1.54) is 43.0 Å². The summed E-state index contributed by atoms with van der Waals surface area (Å²) in [6.45, 7) is 3.10. The summed E-state index contributed by atoms with van der Waals surface area (Å²) in [5.41, 5.74) is 2.29. The van der Waals surface area contributed by atoms with Crippen LogP contribution in [0.1, 0.15) is 30.4 Å². The number of sulfonamides is 1. The van der Waals surface area contributed by atoms with Crippen molar-refractivity contribution in [3.05, 3.63) is 65.5 Å². The van der Waals surface area contributed by atoms with Crippen LogP contribution in [0.4, 0.5) is 10.1 Å². The van der Waals surface area contributed by atoms with Gasteiger partial charge in [-0.1, -0.05) is 36.8 Å². The smallest absolute Gasteiger partial charge is 0.241 e. The van der Waals surface area contributed by atoms with E-state index in [1.54, 1.807) is 0 Å². The topological polar surface area (TPSA) is 69.7 Å². The number of likely N-dealkylation sites (tertiary alicyclic amines) is 1. The summed E-state index contributed by atoms with van der Waals surface area (Å²) in [5, 5.41) is 2.74. The Hall–Kier alpha value is -2.45. The predicted molar refractivity (Wildman–Crippen MR) is 116 cm³/mol. The monoisotopic (exact) mass is 433 g/mol. The molecule has 1 amide bonds. The Morgan fingerprint density at radius 1 is 1.07 bits per heavy atom. The highest BCUT2D eigenvalue weighted by atomic mass is 32.2. The molecule has 162 valence electrons. The molecular formula is C22H28FN3O3S. The average Bonchev–Trinajstić information content (AvgIpc) is 2.71. The summed E-state index contributed by atoms with van der Waals surface area (Å²) in [5.74, 6) is -1.02. The van der Waals surface area contributed by atoms with Crippen LogP contribution in [0.3, 0.4) is 0 Å². The first-order valence-electron chi connectivity index (χ1n) is 10.1. The molecule has 30 heavy (non-hydrogen) atoms. The first kappa shape index (κ1) is 22.2. The Morgan fingerprint density at radius 2 is 1.73 bits per heavy atom. The number of anilines is 1. The number of benzene rings is 2. The van der Waals surface area contributed by atoms with Crippen molar-refractivity contribution < 1.29 is 17.6 Å². The summed E-state index contributed by atoms with van der Waals surface area (Å²) in [6, 6.07) is 13.2. The Bertz CT molecular complexity index is 958. The van der Waals surface area contributed by atoms with E-state index >= 15 is 0 Å². The molecule has 1 saturated heterocycles. The van der Waals surface area contributed by atoms with Crippen molar-refractivity contribution in [1.82, 2.24) is 10.2 Å². The van der Waals surface area contributed by atoms with Crippen LogP contribution in [0, 0.1) is 5.82 Å². The third-order valence-corrected chi connectivity index (χ3v) is 6.29. The molecule has 6 nitrogen and oxygen atoms in total. The molecule has 0 unspecified atom stereocenters. The van der Waals surface area contributed by atoms with Gasteiger partial charge in [0.1, 0.15) is 12.4 Å². The minimum Gasteiger partial charge on any atom is -0.350 e. The number of amides is 1. The predicted octanol–water partition coefficient (Wildman–Crippen LogP) is 2.89. The highest BCUT2D eigenvalue weighted by Gasteiger charge is 2.21.